The first kappa shape index (κ1) is 14.0. The van der Waals surface area contributed by atoms with Crippen LogP contribution in [0.2, 0.25) is 0 Å². The maximum atomic E-state index is 2.67. The molecule has 0 aliphatic carbocycles. The van der Waals surface area contributed by atoms with E-state index in [1.54, 1.807) is 0 Å². The van der Waals surface area contributed by atoms with Gasteiger partial charge in [0.2, 0.25) is 0 Å². The molecular weight excluding hydrogens is 170 g/mol. The van der Waals surface area contributed by atoms with E-state index in [0.29, 0.717) is 5.54 Å². The summed E-state index contributed by atoms with van der Waals surface area (Å²) in [4.78, 5) is 2.67. The highest BCUT2D eigenvalue weighted by Gasteiger charge is 2.31. The summed E-state index contributed by atoms with van der Waals surface area (Å²) in [5.74, 6) is 0. The lowest BCUT2D eigenvalue weighted by molar-refractivity contribution is 0.0739. The second-order valence-electron chi connectivity index (χ2n) is 4.25. The molecule has 0 atom stereocenters. The SMILES string of the molecule is CCCC(CC)(CCC)N(CC)CC. The molecule has 0 heterocycles. The molecule has 0 radical (unpaired) electrons. The van der Waals surface area contributed by atoms with Gasteiger partial charge in [-0.2, -0.15) is 0 Å². The number of hydrogen-bond acceptors (Lipinski definition) is 1. The highest BCUT2D eigenvalue weighted by Crippen LogP contribution is 2.30. The van der Waals surface area contributed by atoms with Gasteiger partial charge in [-0.05, 0) is 32.4 Å². The van der Waals surface area contributed by atoms with E-state index in [0.717, 1.165) is 0 Å². The van der Waals surface area contributed by atoms with Crippen molar-refractivity contribution in [2.75, 3.05) is 13.1 Å². The van der Waals surface area contributed by atoms with Gasteiger partial charge in [-0.3, -0.25) is 4.90 Å². The van der Waals surface area contributed by atoms with Crippen LogP contribution in [0.1, 0.15) is 66.7 Å². The van der Waals surface area contributed by atoms with E-state index in [1.807, 2.05) is 0 Å². The molecule has 0 aliphatic heterocycles. The predicted molar refractivity (Wildman–Crippen MR) is 65.8 cm³/mol. The molecule has 0 spiro atoms. The number of hydrogen-bond donors (Lipinski definition) is 0. The Labute approximate surface area is 90.9 Å². The molecule has 0 aliphatic rings. The highest BCUT2D eigenvalue weighted by molar-refractivity contribution is 4.87. The lowest BCUT2D eigenvalue weighted by atomic mass is 9.84. The molecule has 0 aromatic heterocycles. The summed E-state index contributed by atoms with van der Waals surface area (Å²) in [7, 11) is 0. The molecule has 1 heteroatoms. The third-order valence-corrected chi connectivity index (χ3v) is 3.52. The fourth-order valence-corrected chi connectivity index (χ4v) is 2.84. The third kappa shape index (κ3) is 3.27. The molecule has 0 bridgehead atoms. The second-order valence-corrected chi connectivity index (χ2v) is 4.25. The van der Waals surface area contributed by atoms with E-state index in [4.69, 9.17) is 0 Å². The van der Waals surface area contributed by atoms with Crippen LogP contribution in [0.3, 0.4) is 0 Å². The molecule has 0 N–H and O–H groups in total. The van der Waals surface area contributed by atoms with Gasteiger partial charge in [0.15, 0.2) is 0 Å². The Hall–Kier alpha value is -0.0400. The molecule has 1 nitrogen and oxygen atoms in total. The van der Waals surface area contributed by atoms with Crippen LogP contribution < -0.4 is 0 Å². The summed E-state index contributed by atoms with van der Waals surface area (Å²) in [6.07, 6.45) is 6.64. The predicted octanol–water partition coefficient (Wildman–Crippen LogP) is 4.08. The molecule has 0 rings (SSSR count). The van der Waals surface area contributed by atoms with Crippen molar-refractivity contribution in [3.05, 3.63) is 0 Å². The first-order valence-corrected chi connectivity index (χ1v) is 6.45. The standard InChI is InChI=1S/C13H29N/c1-6-11-13(8-3,12-7-2)14(9-4)10-5/h6-12H2,1-5H3. The van der Waals surface area contributed by atoms with E-state index in [2.05, 4.69) is 39.5 Å². The first-order valence-electron chi connectivity index (χ1n) is 6.45. The van der Waals surface area contributed by atoms with Gasteiger partial charge >= 0.3 is 0 Å². The van der Waals surface area contributed by atoms with E-state index >= 15 is 0 Å². The van der Waals surface area contributed by atoms with Gasteiger partial charge in [0.05, 0.1) is 0 Å². The lowest BCUT2D eigenvalue weighted by Gasteiger charge is -2.43. The quantitative estimate of drug-likeness (QED) is 0.569. The number of nitrogens with zero attached hydrogens (tertiary/aromatic N) is 1. The minimum Gasteiger partial charge on any atom is -0.298 e. The van der Waals surface area contributed by atoms with Crippen LogP contribution in [-0.4, -0.2) is 23.5 Å². The van der Waals surface area contributed by atoms with Crippen molar-refractivity contribution >= 4 is 0 Å². The van der Waals surface area contributed by atoms with E-state index < -0.39 is 0 Å². The normalized spacial score (nSPS) is 12.4. The largest absolute Gasteiger partial charge is 0.298 e. The van der Waals surface area contributed by atoms with Gasteiger partial charge in [-0.15, -0.1) is 0 Å². The van der Waals surface area contributed by atoms with Gasteiger partial charge in [-0.1, -0.05) is 47.5 Å². The van der Waals surface area contributed by atoms with Crippen molar-refractivity contribution in [2.24, 2.45) is 0 Å². The zero-order valence-corrected chi connectivity index (χ0v) is 10.9. The third-order valence-electron chi connectivity index (χ3n) is 3.52. The van der Waals surface area contributed by atoms with E-state index in [-0.39, 0.29) is 0 Å². The number of rotatable bonds is 8. The summed E-state index contributed by atoms with van der Waals surface area (Å²) in [5.41, 5.74) is 0.493. The van der Waals surface area contributed by atoms with Gasteiger partial charge in [0.1, 0.15) is 0 Å². The average Bonchev–Trinajstić information content (AvgIpc) is 2.20. The van der Waals surface area contributed by atoms with E-state index in [1.165, 1.54) is 45.2 Å². The van der Waals surface area contributed by atoms with Crippen molar-refractivity contribution in [3.63, 3.8) is 0 Å². The summed E-state index contributed by atoms with van der Waals surface area (Å²) < 4.78 is 0. The molecular formula is C13H29N. The fraction of sp³-hybridized carbons (Fsp3) is 1.00. The Kier molecular flexibility index (Phi) is 7.26. The van der Waals surface area contributed by atoms with Gasteiger partial charge in [-0.25, -0.2) is 0 Å². The van der Waals surface area contributed by atoms with Crippen molar-refractivity contribution in [1.29, 1.82) is 0 Å². The Morgan fingerprint density at radius 1 is 0.786 bits per heavy atom. The van der Waals surface area contributed by atoms with E-state index in [9.17, 15) is 0 Å². The molecule has 0 fully saturated rings. The summed E-state index contributed by atoms with van der Waals surface area (Å²) in [6, 6.07) is 0. The molecule has 86 valence electrons. The zero-order chi connectivity index (χ0) is 11.0. The van der Waals surface area contributed by atoms with Crippen LogP contribution in [0.4, 0.5) is 0 Å². The Morgan fingerprint density at radius 2 is 1.21 bits per heavy atom. The maximum absolute atomic E-state index is 2.67. The summed E-state index contributed by atoms with van der Waals surface area (Å²) in [5, 5.41) is 0. The highest BCUT2D eigenvalue weighted by atomic mass is 15.2. The van der Waals surface area contributed by atoms with Gasteiger partial charge in [0, 0.05) is 5.54 Å². The molecule has 14 heavy (non-hydrogen) atoms. The average molecular weight is 199 g/mol. The Morgan fingerprint density at radius 3 is 1.43 bits per heavy atom. The van der Waals surface area contributed by atoms with Crippen molar-refractivity contribution in [1.82, 2.24) is 4.90 Å². The van der Waals surface area contributed by atoms with Crippen molar-refractivity contribution < 1.29 is 0 Å². The van der Waals surface area contributed by atoms with Crippen LogP contribution in [0.15, 0.2) is 0 Å². The van der Waals surface area contributed by atoms with Crippen LogP contribution in [0, 0.1) is 0 Å². The Balaban J connectivity index is 4.59. The maximum Gasteiger partial charge on any atom is 0.0206 e. The molecule has 0 aromatic rings. The Bertz CT molecular complexity index is 121. The fourth-order valence-electron chi connectivity index (χ4n) is 2.84. The lowest BCUT2D eigenvalue weighted by Crippen LogP contribution is -2.48. The molecule has 0 amide bonds. The topological polar surface area (TPSA) is 3.24 Å². The summed E-state index contributed by atoms with van der Waals surface area (Å²) >= 11 is 0. The zero-order valence-electron chi connectivity index (χ0n) is 10.9. The smallest absolute Gasteiger partial charge is 0.0206 e. The molecule has 0 saturated heterocycles. The second kappa shape index (κ2) is 7.28. The molecule has 0 aromatic carbocycles. The minimum atomic E-state index is 0.493. The van der Waals surface area contributed by atoms with Crippen LogP contribution in [0.25, 0.3) is 0 Å². The van der Waals surface area contributed by atoms with Crippen LogP contribution in [0.5, 0.6) is 0 Å². The van der Waals surface area contributed by atoms with Crippen molar-refractivity contribution in [3.8, 4) is 0 Å². The summed E-state index contributed by atoms with van der Waals surface area (Å²) in [6.45, 7) is 13.9. The van der Waals surface area contributed by atoms with Crippen LogP contribution >= 0.6 is 0 Å². The van der Waals surface area contributed by atoms with Crippen molar-refractivity contribution in [2.45, 2.75) is 72.3 Å². The van der Waals surface area contributed by atoms with Crippen LogP contribution in [-0.2, 0) is 0 Å². The van der Waals surface area contributed by atoms with Gasteiger partial charge < -0.3 is 0 Å². The molecule has 0 unspecified atom stereocenters. The first-order chi connectivity index (χ1) is 6.70. The molecule has 0 saturated carbocycles. The monoisotopic (exact) mass is 199 g/mol. The van der Waals surface area contributed by atoms with Gasteiger partial charge in [0.25, 0.3) is 0 Å². The minimum absolute atomic E-state index is 0.493.